The Morgan fingerprint density at radius 2 is 2.10 bits per heavy atom. The molecule has 0 aliphatic heterocycles. The van der Waals surface area contributed by atoms with E-state index in [9.17, 15) is 9.90 Å². The van der Waals surface area contributed by atoms with Gasteiger partial charge >= 0.3 is 0 Å². The van der Waals surface area contributed by atoms with Crippen molar-refractivity contribution in [2.24, 2.45) is 0 Å². The largest absolute Gasteiger partial charge is 0.493 e. The smallest absolute Gasteiger partial charge is 0.253 e. The molecular formula is C23H25N5O3. The standard InChI is InChI=1S/C23H25N5O3/c1-15-10-17(12-24)4-5-18(15)11-20-14-26-28(23(20)30)21-7-6-19(13-25-21)22(29)27-16(2)8-9-31-3/h4-7,10,13-14,16,30H,8-9,11H2,1-3H3,(H,27,29). The number of amides is 1. The number of aromatic nitrogens is 3. The summed E-state index contributed by atoms with van der Waals surface area (Å²) >= 11 is 0. The summed E-state index contributed by atoms with van der Waals surface area (Å²) in [7, 11) is 1.62. The van der Waals surface area contributed by atoms with Gasteiger partial charge in [0, 0.05) is 37.9 Å². The molecule has 0 aliphatic rings. The van der Waals surface area contributed by atoms with Crippen LogP contribution in [0.15, 0.2) is 42.7 Å². The first-order chi connectivity index (χ1) is 14.9. The van der Waals surface area contributed by atoms with Crippen LogP contribution in [0.3, 0.4) is 0 Å². The molecule has 0 saturated carbocycles. The first-order valence-electron chi connectivity index (χ1n) is 9.94. The zero-order chi connectivity index (χ0) is 22.4. The Morgan fingerprint density at radius 3 is 2.74 bits per heavy atom. The lowest BCUT2D eigenvalue weighted by molar-refractivity contribution is 0.0929. The number of ether oxygens (including phenoxy) is 1. The molecule has 1 unspecified atom stereocenters. The van der Waals surface area contributed by atoms with Gasteiger partial charge in [-0.05, 0) is 55.7 Å². The lowest BCUT2D eigenvalue weighted by atomic mass is 10.0. The fourth-order valence-electron chi connectivity index (χ4n) is 3.16. The van der Waals surface area contributed by atoms with Crippen molar-refractivity contribution in [3.8, 4) is 17.8 Å². The number of aromatic hydroxyl groups is 1. The van der Waals surface area contributed by atoms with Gasteiger partial charge in [0.25, 0.3) is 5.91 Å². The summed E-state index contributed by atoms with van der Waals surface area (Å²) in [5.74, 6) is 0.176. The first kappa shape index (κ1) is 22.0. The number of rotatable bonds is 8. The average Bonchev–Trinajstić information content (AvgIpc) is 3.13. The van der Waals surface area contributed by atoms with Gasteiger partial charge in [-0.2, -0.15) is 15.0 Å². The molecule has 1 atom stereocenters. The minimum atomic E-state index is -0.218. The van der Waals surface area contributed by atoms with Gasteiger partial charge < -0.3 is 15.2 Å². The first-order valence-corrected chi connectivity index (χ1v) is 9.94. The van der Waals surface area contributed by atoms with E-state index in [1.54, 1.807) is 31.5 Å². The second-order valence-corrected chi connectivity index (χ2v) is 7.40. The van der Waals surface area contributed by atoms with Crippen molar-refractivity contribution in [2.45, 2.75) is 32.7 Å². The molecule has 2 heterocycles. The van der Waals surface area contributed by atoms with E-state index in [1.807, 2.05) is 26.0 Å². The lowest BCUT2D eigenvalue weighted by Gasteiger charge is -2.13. The Hall–Kier alpha value is -3.70. The van der Waals surface area contributed by atoms with Crippen LogP contribution in [0.2, 0.25) is 0 Å². The topological polar surface area (TPSA) is 113 Å². The minimum Gasteiger partial charge on any atom is -0.493 e. The molecule has 1 amide bonds. The Labute approximate surface area is 181 Å². The maximum Gasteiger partial charge on any atom is 0.253 e. The quantitative estimate of drug-likeness (QED) is 0.580. The average molecular weight is 419 g/mol. The summed E-state index contributed by atoms with van der Waals surface area (Å²) in [6.45, 7) is 4.41. The number of nitrogens with zero attached hydrogens (tertiary/aromatic N) is 4. The van der Waals surface area contributed by atoms with Crippen molar-refractivity contribution in [1.29, 1.82) is 5.26 Å². The van der Waals surface area contributed by atoms with E-state index in [2.05, 4.69) is 21.5 Å². The summed E-state index contributed by atoms with van der Waals surface area (Å²) in [6.07, 6.45) is 4.24. The van der Waals surface area contributed by atoms with Crippen LogP contribution < -0.4 is 5.32 Å². The summed E-state index contributed by atoms with van der Waals surface area (Å²) in [5, 5.41) is 26.8. The maximum absolute atomic E-state index is 12.3. The number of aryl methyl sites for hydroxylation is 1. The van der Waals surface area contributed by atoms with Crippen LogP contribution in [0.5, 0.6) is 5.88 Å². The summed E-state index contributed by atoms with van der Waals surface area (Å²) in [4.78, 5) is 16.6. The molecule has 1 aromatic carbocycles. The monoisotopic (exact) mass is 419 g/mol. The van der Waals surface area contributed by atoms with Gasteiger partial charge in [-0.15, -0.1) is 0 Å². The third-order valence-electron chi connectivity index (χ3n) is 5.03. The predicted molar refractivity (Wildman–Crippen MR) is 115 cm³/mol. The summed E-state index contributed by atoms with van der Waals surface area (Å²) < 4.78 is 6.35. The van der Waals surface area contributed by atoms with E-state index >= 15 is 0 Å². The van der Waals surface area contributed by atoms with Crippen LogP contribution in [0, 0.1) is 18.3 Å². The molecule has 31 heavy (non-hydrogen) atoms. The third kappa shape index (κ3) is 5.27. The highest BCUT2D eigenvalue weighted by Gasteiger charge is 2.15. The van der Waals surface area contributed by atoms with E-state index < -0.39 is 0 Å². The molecule has 160 valence electrons. The molecular weight excluding hydrogens is 394 g/mol. The Morgan fingerprint density at radius 1 is 1.29 bits per heavy atom. The molecule has 2 N–H and O–H groups in total. The van der Waals surface area contributed by atoms with Crippen molar-refractivity contribution in [1.82, 2.24) is 20.1 Å². The zero-order valence-electron chi connectivity index (χ0n) is 17.8. The van der Waals surface area contributed by atoms with E-state index in [0.29, 0.717) is 35.5 Å². The van der Waals surface area contributed by atoms with Gasteiger partial charge in [0.1, 0.15) is 0 Å². The summed E-state index contributed by atoms with van der Waals surface area (Å²) in [6, 6.07) is 10.8. The number of carbonyl (C=O) groups excluding carboxylic acids is 1. The number of nitrogens with one attached hydrogen (secondary N) is 1. The SMILES string of the molecule is COCCC(C)NC(=O)c1ccc(-n2ncc(Cc3ccc(C#N)cc3C)c2O)nc1. The van der Waals surface area contributed by atoms with Crippen LogP contribution in [0.25, 0.3) is 5.82 Å². The van der Waals surface area contributed by atoms with Crippen LogP contribution in [-0.4, -0.2) is 45.5 Å². The fourth-order valence-corrected chi connectivity index (χ4v) is 3.16. The van der Waals surface area contributed by atoms with Crippen LogP contribution in [0.4, 0.5) is 0 Å². The van der Waals surface area contributed by atoms with Crippen LogP contribution in [-0.2, 0) is 11.2 Å². The maximum atomic E-state index is 12.3. The van der Waals surface area contributed by atoms with Crippen LogP contribution >= 0.6 is 0 Å². The Bertz CT molecular complexity index is 1100. The number of methoxy groups -OCH3 is 1. The molecule has 3 rings (SSSR count). The highest BCUT2D eigenvalue weighted by Crippen LogP contribution is 2.24. The van der Waals surface area contributed by atoms with Crippen molar-refractivity contribution in [3.63, 3.8) is 0 Å². The highest BCUT2D eigenvalue weighted by atomic mass is 16.5. The van der Waals surface area contributed by atoms with Crippen molar-refractivity contribution in [3.05, 3.63) is 70.5 Å². The predicted octanol–water partition coefficient (Wildman–Crippen LogP) is 2.90. The number of pyridine rings is 1. The number of nitriles is 1. The van der Waals surface area contributed by atoms with Crippen LogP contribution in [0.1, 0.15) is 46.0 Å². The van der Waals surface area contributed by atoms with Gasteiger partial charge in [0.2, 0.25) is 5.88 Å². The molecule has 8 heteroatoms. The van der Waals surface area contributed by atoms with Crippen molar-refractivity contribution < 1.29 is 14.6 Å². The van der Waals surface area contributed by atoms with E-state index in [4.69, 9.17) is 10.00 Å². The van der Waals surface area contributed by atoms with Gasteiger partial charge in [-0.25, -0.2) is 4.98 Å². The second-order valence-electron chi connectivity index (χ2n) is 7.40. The third-order valence-corrected chi connectivity index (χ3v) is 5.03. The highest BCUT2D eigenvalue weighted by molar-refractivity contribution is 5.94. The second kappa shape index (κ2) is 9.87. The molecule has 0 saturated heterocycles. The normalized spacial score (nSPS) is 11.7. The Kier molecular flexibility index (Phi) is 7.00. The number of benzene rings is 1. The van der Waals surface area contributed by atoms with Crippen molar-refractivity contribution in [2.75, 3.05) is 13.7 Å². The summed E-state index contributed by atoms with van der Waals surface area (Å²) in [5.41, 5.74) is 3.63. The molecule has 0 spiro atoms. The molecule has 8 nitrogen and oxygen atoms in total. The van der Waals surface area contributed by atoms with E-state index in [1.165, 1.54) is 10.9 Å². The lowest BCUT2D eigenvalue weighted by Crippen LogP contribution is -2.33. The minimum absolute atomic E-state index is 0.0124. The van der Waals surface area contributed by atoms with Gasteiger partial charge in [-0.3, -0.25) is 4.79 Å². The van der Waals surface area contributed by atoms with E-state index in [0.717, 1.165) is 17.5 Å². The van der Waals surface area contributed by atoms with Gasteiger partial charge in [-0.1, -0.05) is 6.07 Å². The number of hydrogen-bond acceptors (Lipinski definition) is 6. The fraction of sp³-hybridized carbons (Fsp3) is 0.304. The molecule has 0 aliphatic carbocycles. The van der Waals surface area contributed by atoms with Gasteiger partial charge in [0.15, 0.2) is 5.82 Å². The number of carbonyl (C=O) groups is 1. The molecule has 3 aromatic rings. The molecule has 0 radical (unpaired) electrons. The van der Waals surface area contributed by atoms with Gasteiger partial charge in [0.05, 0.1) is 23.4 Å². The van der Waals surface area contributed by atoms with E-state index in [-0.39, 0.29) is 17.8 Å². The zero-order valence-corrected chi connectivity index (χ0v) is 17.8. The molecule has 0 bridgehead atoms. The van der Waals surface area contributed by atoms with Crippen molar-refractivity contribution >= 4 is 5.91 Å². The molecule has 0 fully saturated rings. The number of hydrogen-bond donors (Lipinski definition) is 2. The molecule has 2 aromatic heterocycles. The Balaban J connectivity index is 1.72.